The van der Waals surface area contributed by atoms with Gasteiger partial charge < -0.3 is 14.7 Å². The van der Waals surface area contributed by atoms with Gasteiger partial charge in [-0.3, -0.25) is 9.59 Å². The van der Waals surface area contributed by atoms with Crippen LogP contribution in [0.25, 0.3) is 11.3 Å². The zero-order valence-corrected chi connectivity index (χ0v) is 21.5. The number of hydrogen-bond acceptors (Lipinski definition) is 6. The molecule has 35 heavy (non-hydrogen) atoms. The Labute approximate surface area is 211 Å². The molecule has 0 aliphatic carbocycles. The smallest absolute Gasteiger partial charge is 0.264 e. The quantitative estimate of drug-likeness (QED) is 0.469. The van der Waals surface area contributed by atoms with Crippen molar-refractivity contribution >= 4 is 29.0 Å². The number of hydrogen-bond donors (Lipinski definition) is 0. The van der Waals surface area contributed by atoms with Crippen molar-refractivity contribution in [2.45, 2.75) is 27.2 Å². The predicted octanol–water partition coefficient (Wildman–Crippen LogP) is 4.35. The summed E-state index contributed by atoms with van der Waals surface area (Å²) in [7, 11) is 0. The van der Waals surface area contributed by atoms with E-state index in [0.29, 0.717) is 43.5 Å². The van der Waals surface area contributed by atoms with Crippen molar-refractivity contribution in [2.24, 2.45) is 5.92 Å². The molecule has 0 N–H and O–H groups in total. The minimum Gasteiger partial charge on any atom is -0.352 e. The van der Waals surface area contributed by atoms with Gasteiger partial charge in [0.2, 0.25) is 5.91 Å². The fourth-order valence-electron chi connectivity index (χ4n) is 4.10. The third kappa shape index (κ3) is 6.25. The summed E-state index contributed by atoms with van der Waals surface area (Å²) >= 11 is 1.42. The van der Waals surface area contributed by atoms with Gasteiger partial charge >= 0.3 is 0 Å². The highest BCUT2D eigenvalue weighted by Gasteiger charge is 2.27. The van der Waals surface area contributed by atoms with E-state index < -0.39 is 0 Å². The number of carbonyl (C=O) groups is 2. The SMILES string of the molecule is CCC(C)CN(CC(=O)N1CCN(c2ccc(-c3ccc(C)cc3)nn2)CC1)C(=O)c1cccs1. The van der Waals surface area contributed by atoms with E-state index in [1.807, 2.05) is 34.5 Å². The summed E-state index contributed by atoms with van der Waals surface area (Å²) in [5.41, 5.74) is 3.10. The topological polar surface area (TPSA) is 69.6 Å². The van der Waals surface area contributed by atoms with Crippen LogP contribution in [-0.4, -0.2) is 71.1 Å². The molecule has 0 radical (unpaired) electrons. The van der Waals surface area contributed by atoms with E-state index >= 15 is 0 Å². The highest BCUT2D eigenvalue weighted by molar-refractivity contribution is 7.12. The average Bonchev–Trinajstić information content (AvgIpc) is 3.43. The maximum Gasteiger partial charge on any atom is 0.264 e. The van der Waals surface area contributed by atoms with Crippen LogP contribution >= 0.6 is 11.3 Å². The summed E-state index contributed by atoms with van der Waals surface area (Å²) in [4.78, 5) is 32.5. The van der Waals surface area contributed by atoms with Crippen molar-refractivity contribution in [1.82, 2.24) is 20.0 Å². The maximum absolute atomic E-state index is 13.1. The van der Waals surface area contributed by atoms with Gasteiger partial charge in [-0.2, -0.15) is 0 Å². The lowest BCUT2D eigenvalue weighted by molar-refractivity contribution is -0.132. The second-order valence-electron chi connectivity index (χ2n) is 9.19. The van der Waals surface area contributed by atoms with Crippen LogP contribution in [0.1, 0.15) is 35.5 Å². The van der Waals surface area contributed by atoms with Crippen LogP contribution in [0.5, 0.6) is 0 Å². The first-order chi connectivity index (χ1) is 16.9. The second kappa shape index (κ2) is 11.4. The van der Waals surface area contributed by atoms with Gasteiger partial charge in [0.15, 0.2) is 5.82 Å². The number of amides is 2. The molecule has 4 rings (SSSR count). The van der Waals surface area contributed by atoms with Gasteiger partial charge in [-0.1, -0.05) is 56.2 Å². The largest absolute Gasteiger partial charge is 0.352 e. The standard InChI is InChI=1S/C27H33N5O2S/c1-4-20(2)18-32(27(34)24-6-5-17-35-24)19-26(33)31-15-13-30(14-16-31)25-12-11-23(28-29-25)22-9-7-21(3)8-10-22/h5-12,17,20H,4,13-16,18-19H2,1-3H3. The van der Waals surface area contributed by atoms with Gasteiger partial charge in [-0.15, -0.1) is 21.5 Å². The van der Waals surface area contributed by atoms with E-state index in [2.05, 4.69) is 60.1 Å². The van der Waals surface area contributed by atoms with Crippen molar-refractivity contribution in [3.63, 3.8) is 0 Å². The lowest BCUT2D eigenvalue weighted by atomic mass is 10.1. The zero-order valence-electron chi connectivity index (χ0n) is 20.7. The van der Waals surface area contributed by atoms with Crippen LogP contribution in [0.2, 0.25) is 0 Å². The normalized spacial score (nSPS) is 14.6. The Morgan fingerprint density at radius 2 is 1.77 bits per heavy atom. The van der Waals surface area contributed by atoms with Crippen LogP contribution in [0.4, 0.5) is 5.82 Å². The summed E-state index contributed by atoms with van der Waals surface area (Å²) < 4.78 is 0. The number of carbonyl (C=O) groups excluding carboxylic acids is 2. The van der Waals surface area contributed by atoms with Crippen LogP contribution < -0.4 is 4.90 Å². The Balaban J connectivity index is 1.34. The Morgan fingerprint density at radius 3 is 2.37 bits per heavy atom. The molecule has 1 fully saturated rings. The summed E-state index contributed by atoms with van der Waals surface area (Å²) in [6.07, 6.45) is 0.963. The van der Waals surface area contributed by atoms with Gasteiger partial charge in [0, 0.05) is 38.3 Å². The minimum absolute atomic E-state index is 0.00124. The van der Waals surface area contributed by atoms with E-state index in [-0.39, 0.29) is 18.4 Å². The van der Waals surface area contributed by atoms with Crippen LogP contribution in [0, 0.1) is 12.8 Å². The van der Waals surface area contributed by atoms with Crippen molar-refractivity contribution in [1.29, 1.82) is 0 Å². The molecule has 3 aromatic rings. The fraction of sp³-hybridized carbons (Fsp3) is 0.407. The number of thiophene rings is 1. The summed E-state index contributed by atoms with van der Waals surface area (Å²) in [5, 5.41) is 10.7. The Kier molecular flexibility index (Phi) is 8.13. The van der Waals surface area contributed by atoms with Crippen molar-refractivity contribution in [3.05, 3.63) is 64.4 Å². The number of anilines is 1. The first kappa shape index (κ1) is 24.9. The molecular formula is C27H33N5O2S. The molecule has 7 nitrogen and oxygen atoms in total. The number of nitrogens with zero attached hydrogens (tertiary/aromatic N) is 5. The van der Waals surface area contributed by atoms with E-state index in [1.54, 1.807) is 4.90 Å². The molecule has 3 heterocycles. The molecule has 184 valence electrons. The van der Waals surface area contributed by atoms with Crippen molar-refractivity contribution in [2.75, 3.05) is 44.2 Å². The Hall–Kier alpha value is -3.26. The molecule has 1 aliphatic rings. The molecule has 2 amide bonds. The van der Waals surface area contributed by atoms with Crippen molar-refractivity contribution in [3.8, 4) is 11.3 Å². The third-order valence-electron chi connectivity index (χ3n) is 6.53. The van der Waals surface area contributed by atoms with E-state index in [1.165, 1.54) is 16.9 Å². The third-order valence-corrected chi connectivity index (χ3v) is 7.39. The van der Waals surface area contributed by atoms with Gasteiger partial charge in [0.1, 0.15) is 6.54 Å². The molecule has 2 aromatic heterocycles. The first-order valence-electron chi connectivity index (χ1n) is 12.2. The average molecular weight is 492 g/mol. The second-order valence-corrected chi connectivity index (χ2v) is 10.1. The fourth-order valence-corrected chi connectivity index (χ4v) is 4.79. The molecule has 1 saturated heterocycles. The number of piperazine rings is 1. The molecule has 8 heteroatoms. The highest BCUT2D eigenvalue weighted by Crippen LogP contribution is 2.20. The van der Waals surface area contributed by atoms with Crippen LogP contribution in [0.15, 0.2) is 53.9 Å². The number of rotatable bonds is 8. The van der Waals surface area contributed by atoms with Crippen LogP contribution in [-0.2, 0) is 4.79 Å². The molecule has 1 atom stereocenters. The number of aromatic nitrogens is 2. The van der Waals surface area contributed by atoms with E-state index in [9.17, 15) is 9.59 Å². The first-order valence-corrected chi connectivity index (χ1v) is 13.1. The van der Waals surface area contributed by atoms with Gasteiger partial charge in [0.05, 0.1) is 10.6 Å². The van der Waals surface area contributed by atoms with Crippen LogP contribution in [0.3, 0.4) is 0 Å². The molecule has 1 aliphatic heterocycles. The highest BCUT2D eigenvalue weighted by atomic mass is 32.1. The van der Waals surface area contributed by atoms with Gasteiger partial charge in [-0.05, 0) is 36.4 Å². The Bertz CT molecular complexity index is 1110. The monoisotopic (exact) mass is 491 g/mol. The molecule has 0 spiro atoms. The Morgan fingerprint density at radius 1 is 1.03 bits per heavy atom. The summed E-state index contributed by atoms with van der Waals surface area (Å²) in [6.45, 7) is 9.57. The van der Waals surface area contributed by atoms with Crippen molar-refractivity contribution < 1.29 is 9.59 Å². The zero-order chi connectivity index (χ0) is 24.8. The van der Waals surface area contributed by atoms with E-state index in [0.717, 1.165) is 23.5 Å². The minimum atomic E-state index is -0.0590. The van der Waals surface area contributed by atoms with Gasteiger partial charge in [-0.25, -0.2) is 0 Å². The maximum atomic E-state index is 13.1. The predicted molar refractivity (Wildman–Crippen MR) is 141 cm³/mol. The van der Waals surface area contributed by atoms with Gasteiger partial charge in [0.25, 0.3) is 5.91 Å². The lowest BCUT2D eigenvalue weighted by Crippen LogP contribution is -2.52. The molecule has 1 unspecified atom stereocenters. The molecule has 0 saturated carbocycles. The summed E-state index contributed by atoms with van der Waals surface area (Å²) in [5.74, 6) is 1.10. The molecule has 0 bridgehead atoms. The number of aryl methyl sites for hydroxylation is 1. The lowest BCUT2D eigenvalue weighted by Gasteiger charge is -2.36. The van der Waals surface area contributed by atoms with E-state index in [4.69, 9.17) is 0 Å². The summed E-state index contributed by atoms with van der Waals surface area (Å²) in [6, 6.07) is 15.9. The molecular weight excluding hydrogens is 458 g/mol. The molecule has 1 aromatic carbocycles. The number of benzene rings is 1.